The molecule has 0 heterocycles. The van der Waals surface area contributed by atoms with E-state index in [2.05, 4.69) is 0 Å². The highest BCUT2D eigenvalue weighted by Crippen LogP contribution is 2.30. The Kier molecular flexibility index (Phi) is 2.92. The molecular weight excluding hydrogens is 202 g/mol. The summed E-state index contributed by atoms with van der Waals surface area (Å²) in [5, 5.41) is 19.5. The number of hydrogen-bond acceptors (Lipinski definition) is 5. The zero-order valence-corrected chi connectivity index (χ0v) is 7.97. The highest BCUT2D eigenvalue weighted by molar-refractivity contribution is 5.50. The molecule has 0 unspecified atom stereocenters. The SMILES string of the molecule is [2H]C([2H])(O)COc1ccc(OC)c([N+](=O)[O-])c1. The van der Waals surface area contributed by atoms with Gasteiger partial charge < -0.3 is 14.6 Å². The van der Waals surface area contributed by atoms with E-state index in [1.165, 1.54) is 19.2 Å². The Morgan fingerprint density at radius 2 is 2.40 bits per heavy atom. The van der Waals surface area contributed by atoms with Crippen molar-refractivity contribution in [1.29, 1.82) is 0 Å². The standard InChI is InChI=1S/C9H11NO5/c1-14-9-3-2-7(15-5-4-11)6-8(9)10(12)13/h2-3,6,11H,4-5H2,1H3/i4D2. The van der Waals surface area contributed by atoms with Crippen LogP contribution in [0.5, 0.6) is 11.5 Å². The Hall–Kier alpha value is -1.82. The summed E-state index contributed by atoms with van der Waals surface area (Å²) >= 11 is 0. The molecule has 0 saturated heterocycles. The number of nitro benzene ring substituents is 1. The summed E-state index contributed by atoms with van der Waals surface area (Å²) < 4.78 is 23.3. The van der Waals surface area contributed by atoms with Gasteiger partial charge in [-0.1, -0.05) is 0 Å². The first-order valence-electron chi connectivity index (χ1n) is 5.01. The van der Waals surface area contributed by atoms with E-state index in [0.717, 1.165) is 6.07 Å². The van der Waals surface area contributed by atoms with Crippen LogP contribution in [0.15, 0.2) is 18.2 Å². The Morgan fingerprint density at radius 1 is 1.67 bits per heavy atom. The largest absolute Gasteiger partial charge is 0.491 e. The Bertz CT molecular complexity index is 418. The lowest BCUT2D eigenvalue weighted by Crippen LogP contribution is -2.02. The maximum Gasteiger partial charge on any atom is 0.314 e. The molecule has 0 aliphatic carbocycles. The van der Waals surface area contributed by atoms with Crippen molar-refractivity contribution >= 4 is 5.69 Å². The molecule has 1 rings (SSSR count). The number of nitro groups is 1. The summed E-state index contributed by atoms with van der Waals surface area (Å²) in [7, 11) is 1.30. The van der Waals surface area contributed by atoms with E-state index >= 15 is 0 Å². The van der Waals surface area contributed by atoms with Crippen molar-refractivity contribution in [3.05, 3.63) is 28.3 Å². The molecule has 0 saturated carbocycles. The number of benzene rings is 1. The third-order valence-electron chi connectivity index (χ3n) is 1.65. The molecule has 0 aliphatic heterocycles. The first kappa shape index (κ1) is 8.49. The molecular formula is C9H11NO5. The molecule has 0 fully saturated rings. The number of rotatable bonds is 5. The fraction of sp³-hybridized carbons (Fsp3) is 0.333. The molecule has 0 aromatic heterocycles. The van der Waals surface area contributed by atoms with Gasteiger partial charge in [-0.3, -0.25) is 10.1 Å². The normalized spacial score (nSPS) is 12.7. The van der Waals surface area contributed by atoms with E-state index in [9.17, 15) is 10.1 Å². The van der Waals surface area contributed by atoms with Gasteiger partial charge in [-0.15, -0.1) is 0 Å². The predicted molar refractivity (Wildman–Crippen MR) is 52.2 cm³/mol. The van der Waals surface area contributed by atoms with Crippen LogP contribution >= 0.6 is 0 Å². The predicted octanol–water partition coefficient (Wildman–Crippen LogP) is 0.974. The van der Waals surface area contributed by atoms with Gasteiger partial charge in [0.1, 0.15) is 12.4 Å². The maximum atomic E-state index is 10.7. The second-order valence-electron chi connectivity index (χ2n) is 2.54. The minimum Gasteiger partial charge on any atom is -0.491 e. The quantitative estimate of drug-likeness (QED) is 0.584. The number of hydrogen-bond donors (Lipinski definition) is 1. The van der Waals surface area contributed by atoms with Gasteiger partial charge in [-0.05, 0) is 12.1 Å². The van der Waals surface area contributed by atoms with Crippen molar-refractivity contribution in [2.45, 2.75) is 0 Å². The molecule has 1 aromatic rings. The smallest absolute Gasteiger partial charge is 0.314 e. The van der Waals surface area contributed by atoms with Gasteiger partial charge in [0.15, 0.2) is 5.75 Å². The zero-order chi connectivity index (χ0) is 13.1. The van der Waals surface area contributed by atoms with Gasteiger partial charge in [0.2, 0.25) is 0 Å². The van der Waals surface area contributed by atoms with Crippen LogP contribution in [0.25, 0.3) is 0 Å². The molecule has 0 bridgehead atoms. The van der Waals surface area contributed by atoms with Crippen molar-refractivity contribution in [3.63, 3.8) is 0 Å². The van der Waals surface area contributed by atoms with Crippen LogP contribution in [0.4, 0.5) is 5.69 Å². The van der Waals surface area contributed by atoms with Crippen molar-refractivity contribution in [3.8, 4) is 11.5 Å². The Balaban J connectivity index is 2.89. The van der Waals surface area contributed by atoms with Crippen molar-refractivity contribution < 1.29 is 22.2 Å². The van der Waals surface area contributed by atoms with Gasteiger partial charge in [-0.2, -0.15) is 0 Å². The fourth-order valence-electron chi connectivity index (χ4n) is 1.02. The van der Waals surface area contributed by atoms with Gasteiger partial charge in [0, 0.05) is 0 Å². The second kappa shape index (κ2) is 5.16. The molecule has 0 amide bonds. The number of ether oxygens (including phenoxy) is 2. The van der Waals surface area contributed by atoms with Crippen LogP contribution < -0.4 is 9.47 Å². The monoisotopic (exact) mass is 215 g/mol. The highest BCUT2D eigenvalue weighted by atomic mass is 16.6. The van der Waals surface area contributed by atoms with E-state index in [4.69, 9.17) is 17.3 Å². The summed E-state index contributed by atoms with van der Waals surface area (Å²) in [5.41, 5.74) is -0.288. The first-order chi connectivity index (χ1) is 7.83. The lowest BCUT2D eigenvalue weighted by atomic mass is 10.3. The van der Waals surface area contributed by atoms with Crippen molar-refractivity contribution in [1.82, 2.24) is 0 Å². The number of methoxy groups -OCH3 is 1. The summed E-state index contributed by atoms with van der Waals surface area (Å²) in [5.74, 6) is 0.157. The first-order valence-corrected chi connectivity index (χ1v) is 4.01. The topological polar surface area (TPSA) is 81.8 Å². The molecule has 0 spiro atoms. The Labute approximate surface area is 89.0 Å². The number of nitrogens with zero attached hydrogens (tertiary/aromatic N) is 1. The van der Waals surface area contributed by atoms with Crippen LogP contribution in [0, 0.1) is 10.1 Å². The molecule has 1 aromatic carbocycles. The maximum absolute atomic E-state index is 10.7. The molecule has 15 heavy (non-hydrogen) atoms. The minimum absolute atomic E-state index is 0.0781. The van der Waals surface area contributed by atoms with Crippen LogP contribution in [0.2, 0.25) is 0 Å². The molecule has 0 radical (unpaired) electrons. The Morgan fingerprint density at radius 3 is 2.93 bits per heavy atom. The summed E-state index contributed by atoms with van der Waals surface area (Å²) in [6, 6.07) is 3.82. The summed E-state index contributed by atoms with van der Waals surface area (Å²) in [6.07, 6.45) is 0. The average Bonchev–Trinajstić information content (AvgIpc) is 2.25. The van der Waals surface area contributed by atoms with Crippen LogP contribution in [-0.2, 0) is 0 Å². The second-order valence-corrected chi connectivity index (χ2v) is 2.54. The van der Waals surface area contributed by atoms with E-state index < -0.39 is 18.1 Å². The van der Waals surface area contributed by atoms with Gasteiger partial charge in [0.25, 0.3) is 0 Å². The van der Waals surface area contributed by atoms with Crippen molar-refractivity contribution in [2.24, 2.45) is 0 Å². The molecule has 0 aliphatic rings. The third kappa shape index (κ3) is 2.81. The molecule has 6 nitrogen and oxygen atoms in total. The van der Waals surface area contributed by atoms with Crippen molar-refractivity contribution in [2.75, 3.05) is 20.3 Å². The van der Waals surface area contributed by atoms with E-state index in [1.54, 1.807) is 0 Å². The average molecular weight is 215 g/mol. The fourth-order valence-corrected chi connectivity index (χ4v) is 1.02. The van der Waals surface area contributed by atoms with Crippen LogP contribution in [0.3, 0.4) is 0 Å². The van der Waals surface area contributed by atoms with E-state index in [1.807, 2.05) is 0 Å². The minimum atomic E-state index is -2.49. The molecule has 1 N–H and O–H groups in total. The summed E-state index contributed by atoms with van der Waals surface area (Å²) in [4.78, 5) is 10.0. The molecule has 0 atom stereocenters. The van der Waals surface area contributed by atoms with Gasteiger partial charge in [-0.25, -0.2) is 0 Å². The third-order valence-corrected chi connectivity index (χ3v) is 1.65. The van der Waals surface area contributed by atoms with E-state index in [-0.39, 0.29) is 17.2 Å². The van der Waals surface area contributed by atoms with Gasteiger partial charge >= 0.3 is 5.69 Å². The highest BCUT2D eigenvalue weighted by Gasteiger charge is 2.15. The van der Waals surface area contributed by atoms with E-state index in [0.29, 0.717) is 0 Å². The van der Waals surface area contributed by atoms with Gasteiger partial charge in [0.05, 0.1) is 27.4 Å². The van der Waals surface area contributed by atoms with Crippen LogP contribution in [-0.4, -0.2) is 30.3 Å². The lowest BCUT2D eigenvalue weighted by molar-refractivity contribution is -0.385. The summed E-state index contributed by atoms with van der Waals surface area (Å²) in [6.45, 7) is -3.11. The lowest BCUT2D eigenvalue weighted by Gasteiger charge is -2.05. The van der Waals surface area contributed by atoms with Crippen LogP contribution in [0.1, 0.15) is 2.74 Å². The molecule has 6 heteroatoms. The molecule has 82 valence electrons. The number of aliphatic hydroxyl groups is 1. The zero-order valence-electron chi connectivity index (χ0n) is 9.97.